The van der Waals surface area contributed by atoms with Gasteiger partial charge in [-0.15, -0.1) is 0 Å². The first-order valence-electron chi connectivity index (χ1n) is 10.4. The number of methoxy groups -OCH3 is 1. The Labute approximate surface area is 212 Å². The van der Waals surface area contributed by atoms with E-state index in [-0.39, 0.29) is 30.3 Å². The number of thiocarbonyl (C=S) groups is 1. The van der Waals surface area contributed by atoms with Gasteiger partial charge in [0.05, 0.1) is 18.4 Å². The van der Waals surface area contributed by atoms with Gasteiger partial charge in [0.1, 0.15) is 16.7 Å². The second kappa shape index (κ2) is 10.8. The quantitative estimate of drug-likeness (QED) is 0.237. The molecule has 174 valence electrons. The van der Waals surface area contributed by atoms with Crippen LogP contribution in [0.1, 0.15) is 43.9 Å². The molecule has 5 nitrogen and oxygen atoms in total. The zero-order valence-electron chi connectivity index (χ0n) is 19.0. The van der Waals surface area contributed by atoms with Gasteiger partial charge in [0.25, 0.3) is 5.91 Å². The molecule has 1 fully saturated rings. The van der Waals surface area contributed by atoms with Crippen molar-refractivity contribution in [2.75, 3.05) is 13.7 Å². The number of thioether (sulfide) groups is 1. The van der Waals surface area contributed by atoms with Crippen molar-refractivity contribution in [2.45, 2.75) is 39.2 Å². The molecule has 0 atom stereocenters. The maximum Gasteiger partial charge on any atom is 0.307 e. The van der Waals surface area contributed by atoms with E-state index in [9.17, 15) is 9.59 Å². The second-order valence-electron chi connectivity index (χ2n) is 8.58. The van der Waals surface area contributed by atoms with Crippen LogP contribution >= 0.6 is 39.9 Å². The number of halogens is 1. The van der Waals surface area contributed by atoms with E-state index in [0.29, 0.717) is 21.6 Å². The number of esters is 1. The number of ether oxygens (including phenoxy) is 2. The van der Waals surface area contributed by atoms with Crippen LogP contribution < -0.4 is 4.74 Å². The lowest BCUT2D eigenvalue weighted by Gasteiger charge is -2.19. The molecule has 1 aliphatic heterocycles. The third-order valence-corrected chi connectivity index (χ3v) is 6.98. The largest absolute Gasteiger partial charge is 0.488 e. The van der Waals surface area contributed by atoms with Gasteiger partial charge in [-0.05, 0) is 40.8 Å². The summed E-state index contributed by atoms with van der Waals surface area (Å²) in [6.45, 7) is 7.16. The van der Waals surface area contributed by atoms with Crippen molar-refractivity contribution in [3.8, 4) is 5.75 Å². The summed E-state index contributed by atoms with van der Waals surface area (Å²) in [5, 5.41) is 0. The molecule has 0 saturated carbocycles. The minimum atomic E-state index is -0.383. The SMILES string of the molecule is COC(=O)CCN1C(=O)/C(=C\c2cc(Br)ccc2OCc2ccc(C(C)(C)C)cc2)SC1=S. The fourth-order valence-electron chi connectivity index (χ4n) is 3.16. The number of nitrogens with zero attached hydrogens (tertiary/aromatic N) is 1. The molecule has 2 aromatic rings. The van der Waals surface area contributed by atoms with Gasteiger partial charge in [-0.2, -0.15) is 0 Å². The van der Waals surface area contributed by atoms with Crippen molar-refractivity contribution in [3.63, 3.8) is 0 Å². The number of amides is 1. The van der Waals surface area contributed by atoms with Crippen LogP contribution in [0.25, 0.3) is 6.08 Å². The first kappa shape index (κ1) is 25.5. The number of carbonyl (C=O) groups is 2. The Kier molecular flexibility index (Phi) is 8.37. The number of benzene rings is 2. The molecule has 8 heteroatoms. The molecule has 1 amide bonds. The van der Waals surface area contributed by atoms with E-state index in [1.54, 1.807) is 6.08 Å². The van der Waals surface area contributed by atoms with Crippen LogP contribution in [0.2, 0.25) is 0 Å². The van der Waals surface area contributed by atoms with Crippen LogP contribution in [-0.2, 0) is 26.3 Å². The molecule has 0 spiro atoms. The molecule has 1 saturated heterocycles. The van der Waals surface area contributed by atoms with E-state index in [2.05, 4.69) is 65.7 Å². The lowest BCUT2D eigenvalue weighted by Crippen LogP contribution is -2.30. The van der Waals surface area contributed by atoms with Gasteiger partial charge in [0.15, 0.2) is 0 Å². The lowest BCUT2D eigenvalue weighted by atomic mass is 9.87. The summed E-state index contributed by atoms with van der Waals surface area (Å²) in [5.41, 5.74) is 3.20. The molecule has 0 bridgehead atoms. The first-order chi connectivity index (χ1) is 15.6. The van der Waals surface area contributed by atoms with Crippen LogP contribution in [-0.4, -0.2) is 34.8 Å². The van der Waals surface area contributed by atoms with Crippen molar-refractivity contribution in [1.82, 2.24) is 4.90 Å². The van der Waals surface area contributed by atoms with Gasteiger partial charge in [-0.1, -0.05) is 84.9 Å². The Bertz CT molecular complexity index is 1090. The smallest absolute Gasteiger partial charge is 0.307 e. The molecule has 0 radical (unpaired) electrons. The van der Waals surface area contributed by atoms with E-state index in [4.69, 9.17) is 17.0 Å². The molecule has 0 unspecified atom stereocenters. The number of hydrogen-bond acceptors (Lipinski definition) is 6. The molecule has 33 heavy (non-hydrogen) atoms. The normalized spacial score (nSPS) is 15.3. The molecular formula is C25H26BrNO4S2. The van der Waals surface area contributed by atoms with Crippen molar-refractivity contribution < 1.29 is 19.1 Å². The third kappa shape index (κ3) is 6.68. The average molecular weight is 549 g/mol. The fourth-order valence-corrected chi connectivity index (χ4v) is 4.84. The van der Waals surface area contributed by atoms with E-state index in [1.807, 2.05) is 18.2 Å². The summed E-state index contributed by atoms with van der Waals surface area (Å²) < 4.78 is 12.1. The maximum absolute atomic E-state index is 12.9. The zero-order valence-corrected chi connectivity index (χ0v) is 22.2. The van der Waals surface area contributed by atoms with Gasteiger partial charge >= 0.3 is 5.97 Å². The Morgan fingerprint density at radius 2 is 1.88 bits per heavy atom. The van der Waals surface area contributed by atoms with Gasteiger partial charge in [0.2, 0.25) is 0 Å². The summed E-state index contributed by atoms with van der Waals surface area (Å²) in [4.78, 5) is 26.2. The molecule has 0 aromatic heterocycles. The Morgan fingerprint density at radius 1 is 1.18 bits per heavy atom. The molecular weight excluding hydrogens is 522 g/mol. The van der Waals surface area contributed by atoms with Crippen molar-refractivity contribution in [1.29, 1.82) is 0 Å². The van der Waals surface area contributed by atoms with Gasteiger partial charge in [-0.3, -0.25) is 14.5 Å². The number of carbonyl (C=O) groups excluding carboxylic acids is 2. The predicted molar refractivity (Wildman–Crippen MR) is 140 cm³/mol. The van der Waals surface area contributed by atoms with Crippen LogP contribution in [0, 0.1) is 0 Å². The highest BCUT2D eigenvalue weighted by atomic mass is 79.9. The van der Waals surface area contributed by atoms with Crippen molar-refractivity contribution >= 4 is 62.2 Å². The van der Waals surface area contributed by atoms with Crippen LogP contribution in [0.3, 0.4) is 0 Å². The molecule has 1 heterocycles. The minimum Gasteiger partial charge on any atom is -0.488 e. The van der Waals surface area contributed by atoms with Gasteiger partial charge in [-0.25, -0.2) is 0 Å². The summed E-state index contributed by atoms with van der Waals surface area (Å²) >= 11 is 10.1. The highest BCUT2D eigenvalue weighted by Gasteiger charge is 2.32. The minimum absolute atomic E-state index is 0.0927. The zero-order chi connectivity index (χ0) is 24.2. The highest BCUT2D eigenvalue weighted by Crippen LogP contribution is 2.35. The van der Waals surface area contributed by atoms with E-state index in [1.165, 1.54) is 29.3 Å². The maximum atomic E-state index is 12.9. The number of rotatable bonds is 7. The third-order valence-electron chi connectivity index (χ3n) is 5.11. The molecule has 1 aliphatic rings. The summed E-state index contributed by atoms with van der Waals surface area (Å²) in [5.74, 6) is 0.0572. The van der Waals surface area contributed by atoms with Gasteiger partial charge in [0, 0.05) is 16.6 Å². The standard InChI is InChI=1S/C25H26BrNO4S2/c1-25(2,3)18-7-5-16(6-8-18)15-31-20-10-9-19(26)13-17(20)14-21-23(29)27(24(32)33-21)12-11-22(28)30-4/h5-10,13-14H,11-12,15H2,1-4H3/b21-14+. The first-order valence-corrected chi connectivity index (χ1v) is 12.4. The summed E-state index contributed by atoms with van der Waals surface area (Å²) in [6, 6.07) is 14.1. The lowest BCUT2D eigenvalue weighted by molar-refractivity contribution is -0.140. The number of hydrogen-bond donors (Lipinski definition) is 0. The summed E-state index contributed by atoms with van der Waals surface area (Å²) in [6.07, 6.45) is 1.87. The fraction of sp³-hybridized carbons (Fsp3) is 0.320. The van der Waals surface area contributed by atoms with Crippen molar-refractivity contribution in [2.24, 2.45) is 0 Å². The molecule has 3 rings (SSSR count). The predicted octanol–water partition coefficient (Wildman–Crippen LogP) is 6.09. The average Bonchev–Trinajstić information content (AvgIpc) is 3.03. The molecule has 0 N–H and O–H groups in total. The Hall–Kier alpha value is -2.16. The Balaban J connectivity index is 1.76. The highest BCUT2D eigenvalue weighted by molar-refractivity contribution is 9.10. The Morgan fingerprint density at radius 3 is 2.52 bits per heavy atom. The topological polar surface area (TPSA) is 55.8 Å². The molecule has 0 aliphatic carbocycles. The van der Waals surface area contributed by atoms with Gasteiger partial charge < -0.3 is 9.47 Å². The van der Waals surface area contributed by atoms with E-state index < -0.39 is 0 Å². The van der Waals surface area contributed by atoms with Crippen LogP contribution in [0.15, 0.2) is 51.8 Å². The summed E-state index contributed by atoms with van der Waals surface area (Å²) in [7, 11) is 1.32. The van der Waals surface area contributed by atoms with Crippen LogP contribution in [0.5, 0.6) is 5.75 Å². The van der Waals surface area contributed by atoms with E-state index >= 15 is 0 Å². The van der Waals surface area contributed by atoms with Crippen molar-refractivity contribution in [3.05, 3.63) is 68.5 Å². The second-order valence-corrected chi connectivity index (χ2v) is 11.2. The van der Waals surface area contributed by atoms with E-state index in [0.717, 1.165) is 15.6 Å². The molecule has 2 aromatic carbocycles. The monoisotopic (exact) mass is 547 g/mol. The van der Waals surface area contributed by atoms with Crippen LogP contribution in [0.4, 0.5) is 0 Å².